The van der Waals surface area contributed by atoms with Gasteiger partial charge in [-0.15, -0.1) is 6.42 Å². The van der Waals surface area contributed by atoms with Crippen LogP contribution in [0.15, 0.2) is 54.6 Å². The number of hydrogen-bond acceptors (Lipinski definition) is 10. The highest BCUT2D eigenvalue weighted by atomic mass is 16.6. The first-order valence-electron chi connectivity index (χ1n) is 19.9. The highest BCUT2D eigenvalue weighted by molar-refractivity contribution is 5.98. The topological polar surface area (TPSA) is 136 Å². The van der Waals surface area contributed by atoms with Crippen molar-refractivity contribution in [3.63, 3.8) is 0 Å². The molecule has 4 unspecified atom stereocenters. The number of hydrogen-bond donors (Lipinski definition) is 3. The Kier molecular flexibility index (Phi) is 19.3. The van der Waals surface area contributed by atoms with Crippen LogP contribution in [0.5, 0.6) is 11.5 Å². The molecule has 2 aromatic carbocycles. The second-order valence-corrected chi connectivity index (χ2v) is 14.6. The van der Waals surface area contributed by atoms with Crippen LogP contribution in [-0.2, 0) is 18.9 Å². The summed E-state index contributed by atoms with van der Waals surface area (Å²) < 4.78 is 33.8. The van der Waals surface area contributed by atoms with Gasteiger partial charge in [-0.05, 0) is 102 Å². The lowest BCUT2D eigenvalue weighted by atomic mass is 9.85. The second-order valence-electron chi connectivity index (χ2n) is 14.6. The lowest BCUT2D eigenvalue weighted by molar-refractivity contribution is -0.00187. The number of terminal acetylenes is 1. The molecule has 1 saturated carbocycles. The molecule has 1 aliphatic carbocycles. The average molecular weight is 748 g/mol. The molecule has 11 heteroatoms. The number of nitrogens with zero attached hydrogens (tertiary/aromatic N) is 2. The van der Waals surface area contributed by atoms with E-state index in [1.807, 2.05) is 42.2 Å². The second kappa shape index (κ2) is 24.1. The van der Waals surface area contributed by atoms with Gasteiger partial charge in [0.05, 0.1) is 58.2 Å². The molecule has 11 nitrogen and oxygen atoms in total. The van der Waals surface area contributed by atoms with Crippen LogP contribution in [0.3, 0.4) is 0 Å². The van der Waals surface area contributed by atoms with Crippen LogP contribution in [0.4, 0.5) is 0 Å². The summed E-state index contributed by atoms with van der Waals surface area (Å²) in [6.07, 6.45) is 12.9. The highest BCUT2D eigenvalue weighted by Crippen LogP contribution is 2.33. The molecular formula is C43H65N5O6. The normalized spacial score (nSPS) is 21.2. The van der Waals surface area contributed by atoms with E-state index in [1.54, 1.807) is 0 Å². The fraction of sp³-hybridized carbons (Fsp3) is 0.628. The van der Waals surface area contributed by atoms with Crippen molar-refractivity contribution in [2.24, 2.45) is 11.7 Å². The Morgan fingerprint density at radius 3 is 2.04 bits per heavy atom. The van der Waals surface area contributed by atoms with Crippen LogP contribution in [-0.4, -0.2) is 112 Å². The minimum atomic E-state index is 0.0286. The summed E-state index contributed by atoms with van der Waals surface area (Å²) in [5.41, 5.74) is 7.75. The maximum atomic E-state index is 9.24. The molecule has 2 fully saturated rings. The quantitative estimate of drug-likeness (QED) is 0.0464. The first-order chi connectivity index (χ1) is 26.3. The molecule has 4 atom stereocenters. The summed E-state index contributed by atoms with van der Waals surface area (Å²) in [6, 6.07) is 19.2. The Bertz CT molecular complexity index is 1400. The van der Waals surface area contributed by atoms with Gasteiger partial charge in [-0.1, -0.05) is 36.3 Å². The summed E-state index contributed by atoms with van der Waals surface area (Å²) in [5, 5.41) is 17.9. The fourth-order valence-corrected chi connectivity index (χ4v) is 7.65. The van der Waals surface area contributed by atoms with E-state index >= 15 is 0 Å². The van der Waals surface area contributed by atoms with Crippen molar-refractivity contribution in [2.75, 3.05) is 66.0 Å². The minimum absolute atomic E-state index is 0.0286. The third-order valence-electron chi connectivity index (χ3n) is 10.5. The van der Waals surface area contributed by atoms with E-state index in [0.717, 1.165) is 63.0 Å². The van der Waals surface area contributed by atoms with Crippen molar-refractivity contribution < 1.29 is 28.4 Å². The minimum Gasteiger partial charge on any atom is -0.491 e. The number of amidine groups is 2. The van der Waals surface area contributed by atoms with Crippen molar-refractivity contribution in [1.29, 1.82) is 10.8 Å². The van der Waals surface area contributed by atoms with Gasteiger partial charge in [0.1, 0.15) is 30.5 Å². The Labute approximate surface area is 324 Å². The predicted molar refractivity (Wildman–Crippen MR) is 215 cm³/mol. The smallest absolute Gasteiger partial charge is 0.119 e. The van der Waals surface area contributed by atoms with Crippen molar-refractivity contribution in [2.45, 2.75) is 102 Å². The molecular weight excluding hydrogens is 683 g/mol. The summed E-state index contributed by atoms with van der Waals surface area (Å²) in [5.74, 6) is 5.17. The molecule has 4 rings (SSSR count). The first kappa shape index (κ1) is 43.2. The Morgan fingerprint density at radius 2 is 1.43 bits per heavy atom. The van der Waals surface area contributed by atoms with E-state index in [1.165, 1.54) is 12.0 Å². The Morgan fingerprint density at radius 1 is 0.833 bits per heavy atom. The number of likely N-dealkylation sites (tertiary alicyclic amines) is 1. The number of benzene rings is 2. The number of ether oxygens (including phenoxy) is 6. The molecule has 1 aliphatic heterocycles. The maximum Gasteiger partial charge on any atom is 0.119 e. The molecule has 2 aromatic rings. The molecule has 54 heavy (non-hydrogen) atoms. The van der Waals surface area contributed by atoms with Gasteiger partial charge in [-0.2, -0.15) is 0 Å². The molecule has 2 aliphatic rings. The number of rotatable bonds is 24. The standard InChI is InChI=1S/C43H65N5O6/c1-5-23-49-24-25-50-26-27-51-28-29-52-30-31-53-39-17-19-41(20-18-39)54-40-15-12-37(13-16-40)43(46)48(35(4)44)34(3)32-38-14-11-33(2)47(38)22-21-42(45)36-9-7-6-8-10-36/h1,6-10,17-20,33-34,37-38,40,42,44,46H,11-16,21-32,45H2,2-4H3. The van der Waals surface area contributed by atoms with Gasteiger partial charge in [-0.25, -0.2) is 0 Å². The van der Waals surface area contributed by atoms with Crippen LogP contribution in [0.1, 0.15) is 83.7 Å². The van der Waals surface area contributed by atoms with Gasteiger partial charge < -0.3 is 39.1 Å². The van der Waals surface area contributed by atoms with E-state index in [-0.39, 0.29) is 24.1 Å². The maximum absolute atomic E-state index is 9.24. The zero-order valence-electron chi connectivity index (χ0n) is 32.9. The van der Waals surface area contributed by atoms with Crippen molar-refractivity contribution in [3.8, 4) is 23.8 Å². The SMILES string of the molecule is C#CCOCCOCCOCCOCCOc1ccc(OC2CCC(C(=N)N(C(C)=N)C(C)CC3CCC(C)N3CCC(N)c3ccccc3)CC2)cc1. The van der Waals surface area contributed by atoms with Crippen LogP contribution < -0.4 is 15.2 Å². The lowest BCUT2D eigenvalue weighted by Gasteiger charge is -2.39. The predicted octanol–water partition coefficient (Wildman–Crippen LogP) is 6.70. The molecule has 1 saturated heterocycles. The largest absolute Gasteiger partial charge is 0.491 e. The zero-order valence-corrected chi connectivity index (χ0v) is 32.9. The van der Waals surface area contributed by atoms with Crippen LogP contribution in [0.25, 0.3) is 0 Å². The molecule has 1 heterocycles. The van der Waals surface area contributed by atoms with Gasteiger partial charge >= 0.3 is 0 Å². The Hall–Kier alpha value is -3.50. The molecule has 0 radical (unpaired) electrons. The molecule has 0 aromatic heterocycles. The highest BCUT2D eigenvalue weighted by Gasteiger charge is 2.35. The fourth-order valence-electron chi connectivity index (χ4n) is 7.65. The monoisotopic (exact) mass is 747 g/mol. The van der Waals surface area contributed by atoms with Crippen LogP contribution in [0.2, 0.25) is 0 Å². The van der Waals surface area contributed by atoms with E-state index in [9.17, 15) is 5.41 Å². The third-order valence-corrected chi connectivity index (χ3v) is 10.5. The third kappa shape index (κ3) is 14.6. The van der Waals surface area contributed by atoms with E-state index < -0.39 is 0 Å². The van der Waals surface area contributed by atoms with Crippen molar-refractivity contribution in [1.82, 2.24) is 9.80 Å². The number of nitrogens with two attached hydrogens (primary N) is 1. The van der Waals surface area contributed by atoms with Gasteiger partial charge in [-0.3, -0.25) is 15.7 Å². The molecule has 4 N–H and O–H groups in total. The molecule has 0 bridgehead atoms. The van der Waals surface area contributed by atoms with Gasteiger partial charge in [0.15, 0.2) is 0 Å². The van der Waals surface area contributed by atoms with Crippen LogP contribution >= 0.6 is 0 Å². The van der Waals surface area contributed by atoms with Gasteiger partial charge in [0.2, 0.25) is 0 Å². The molecule has 0 spiro atoms. The zero-order chi connectivity index (χ0) is 38.5. The number of nitrogens with one attached hydrogen (secondary N) is 2. The first-order valence-corrected chi connectivity index (χ1v) is 19.9. The van der Waals surface area contributed by atoms with E-state index in [4.69, 9.17) is 46.0 Å². The lowest BCUT2D eigenvalue weighted by Crippen LogP contribution is -2.48. The average Bonchev–Trinajstić information content (AvgIpc) is 3.52. The Balaban J connectivity index is 1.11. The summed E-state index contributed by atoms with van der Waals surface area (Å²) >= 11 is 0. The van der Waals surface area contributed by atoms with Gasteiger partial charge in [0.25, 0.3) is 0 Å². The molecule has 298 valence electrons. The van der Waals surface area contributed by atoms with Crippen LogP contribution in [0, 0.1) is 29.1 Å². The summed E-state index contributed by atoms with van der Waals surface area (Å²) in [7, 11) is 0. The van der Waals surface area contributed by atoms with E-state index in [2.05, 4.69) is 48.9 Å². The van der Waals surface area contributed by atoms with E-state index in [0.29, 0.717) is 83.2 Å². The van der Waals surface area contributed by atoms with Crippen molar-refractivity contribution in [3.05, 3.63) is 60.2 Å². The summed E-state index contributed by atoms with van der Waals surface area (Å²) in [4.78, 5) is 4.61. The summed E-state index contributed by atoms with van der Waals surface area (Å²) in [6.45, 7) is 11.5. The van der Waals surface area contributed by atoms with Crippen molar-refractivity contribution >= 4 is 11.7 Å². The van der Waals surface area contributed by atoms with Gasteiger partial charge in [0, 0.05) is 36.6 Å². The molecule has 0 amide bonds.